The van der Waals surface area contributed by atoms with Crippen LogP contribution in [0.2, 0.25) is 0 Å². The number of alkyl halides is 9. The van der Waals surface area contributed by atoms with Crippen molar-refractivity contribution in [3.63, 3.8) is 0 Å². The fourth-order valence-corrected chi connectivity index (χ4v) is 11.9. The first kappa shape index (κ1) is 45.1. The highest BCUT2D eigenvalue weighted by molar-refractivity contribution is 8.00. The van der Waals surface area contributed by atoms with Gasteiger partial charge < -0.3 is 19.1 Å². The molecule has 2 fully saturated rings. The molecule has 0 aromatic heterocycles. The van der Waals surface area contributed by atoms with Crippen LogP contribution in [0.5, 0.6) is 5.75 Å². The molecule has 60 heavy (non-hydrogen) atoms. The fraction of sp³-hybridized carbons (Fsp3) is 0.609. The fourth-order valence-electron chi connectivity index (χ4n) is 10.7. The van der Waals surface area contributed by atoms with E-state index < -0.39 is 37.3 Å². The van der Waals surface area contributed by atoms with Crippen molar-refractivity contribution in [3.05, 3.63) is 89.0 Å². The summed E-state index contributed by atoms with van der Waals surface area (Å²) in [4.78, 5) is 1.31. The zero-order chi connectivity index (χ0) is 43.3. The van der Waals surface area contributed by atoms with Gasteiger partial charge in [-0.25, -0.2) is 0 Å². The van der Waals surface area contributed by atoms with Crippen molar-refractivity contribution < 1.29 is 53.7 Å². The molecule has 0 heterocycles. The Morgan fingerprint density at radius 3 is 1.98 bits per heavy atom. The molecule has 330 valence electrons. The lowest BCUT2D eigenvalue weighted by Crippen LogP contribution is -2.68. The van der Waals surface area contributed by atoms with E-state index >= 15 is 0 Å². The van der Waals surface area contributed by atoms with Crippen LogP contribution in [-0.2, 0) is 15.9 Å². The summed E-state index contributed by atoms with van der Waals surface area (Å²) in [5.41, 5.74) is 1.89. The predicted molar refractivity (Wildman–Crippen MR) is 216 cm³/mol. The highest BCUT2D eigenvalue weighted by Crippen LogP contribution is 2.62. The summed E-state index contributed by atoms with van der Waals surface area (Å²) in [7, 11) is 1.39. The van der Waals surface area contributed by atoms with E-state index in [4.69, 9.17) is 9.47 Å². The van der Waals surface area contributed by atoms with Gasteiger partial charge in [0, 0.05) is 29.5 Å². The van der Waals surface area contributed by atoms with Crippen LogP contribution < -0.4 is 4.74 Å². The van der Waals surface area contributed by atoms with Crippen molar-refractivity contribution in [3.8, 4) is 16.9 Å². The molecule has 3 unspecified atom stereocenters. The molecule has 0 bridgehead atoms. The van der Waals surface area contributed by atoms with E-state index in [0.717, 1.165) is 56.4 Å². The highest BCUT2D eigenvalue weighted by Gasteiger charge is 2.85. The number of aryl methyl sites for hydroxylation is 1. The molecule has 0 saturated heterocycles. The second-order valence-electron chi connectivity index (χ2n) is 18.0. The molecular weight excluding hydrogens is 818 g/mol. The Hall–Kier alpha value is -2.94. The van der Waals surface area contributed by atoms with E-state index in [2.05, 4.69) is 92.2 Å². The van der Waals surface area contributed by atoms with Crippen LogP contribution in [0, 0.1) is 17.3 Å². The van der Waals surface area contributed by atoms with Gasteiger partial charge in [0.25, 0.3) is 0 Å². The van der Waals surface area contributed by atoms with E-state index in [9.17, 15) is 39.5 Å². The summed E-state index contributed by atoms with van der Waals surface area (Å²) in [5, 5.41) is 0. The lowest BCUT2D eigenvalue weighted by molar-refractivity contribution is -0.457. The van der Waals surface area contributed by atoms with E-state index in [0.29, 0.717) is 30.3 Å². The third-order valence-corrected chi connectivity index (χ3v) is 15.5. The average molecular weight is 872 g/mol. The first-order valence-corrected chi connectivity index (χ1v) is 21.9. The van der Waals surface area contributed by atoms with Crippen LogP contribution in [-0.4, -0.2) is 85.6 Å². The summed E-state index contributed by atoms with van der Waals surface area (Å²) < 4.78 is 135. The number of likely N-dealkylation sites (N-methyl/N-ethyl adjacent to an activating group) is 1. The first-order valence-electron chi connectivity index (χ1n) is 20.9. The number of rotatable bonds is 15. The Labute approximate surface area is 350 Å². The van der Waals surface area contributed by atoms with E-state index in [1.807, 2.05) is 11.8 Å². The number of ether oxygens (including phenoxy) is 3. The summed E-state index contributed by atoms with van der Waals surface area (Å²) >= 11 is 2.00. The molecule has 0 aliphatic heterocycles. The van der Waals surface area contributed by atoms with Crippen LogP contribution >= 0.6 is 11.8 Å². The number of thioether (sulfide) groups is 1. The number of benzene rings is 3. The molecular formula is C46H54F9NO3S. The highest BCUT2D eigenvalue weighted by atomic mass is 32.2. The van der Waals surface area contributed by atoms with Gasteiger partial charge in [-0.3, -0.25) is 0 Å². The summed E-state index contributed by atoms with van der Waals surface area (Å²) in [6, 6.07) is 24.1. The molecule has 4 nitrogen and oxygen atoms in total. The van der Waals surface area contributed by atoms with Crippen LogP contribution in [0.15, 0.2) is 66.7 Å². The third kappa shape index (κ3) is 8.57. The van der Waals surface area contributed by atoms with Crippen molar-refractivity contribution in [2.24, 2.45) is 17.3 Å². The quantitative estimate of drug-likeness (QED) is 0.142. The van der Waals surface area contributed by atoms with E-state index in [-0.39, 0.29) is 29.4 Å². The molecule has 4 aliphatic carbocycles. The number of fused-ring (bicyclic) bond motifs is 8. The van der Waals surface area contributed by atoms with Gasteiger partial charge in [0.05, 0.1) is 25.9 Å². The average Bonchev–Trinajstić information content (AvgIpc) is 3.68. The Morgan fingerprint density at radius 1 is 0.733 bits per heavy atom. The van der Waals surface area contributed by atoms with Gasteiger partial charge in [-0.05, 0) is 121 Å². The van der Waals surface area contributed by atoms with Crippen LogP contribution in [0.1, 0.15) is 93.4 Å². The maximum Gasteiger partial charge on any atom is 0.435 e. The second kappa shape index (κ2) is 17.0. The Kier molecular flexibility index (Phi) is 12.8. The zero-order valence-corrected chi connectivity index (χ0v) is 35.2. The van der Waals surface area contributed by atoms with Crippen molar-refractivity contribution in [1.82, 2.24) is 4.90 Å². The maximum absolute atomic E-state index is 13.2. The largest absolute Gasteiger partial charge is 0.494 e. The molecule has 3 aromatic rings. The predicted octanol–water partition coefficient (Wildman–Crippen LogP) is 12.4. The number of hydrogen-bond acceptors (Lipinski definition) is 5. The molecule has 14 heteroatoms. The van der Waals surface area contributed by atoms with Gasteiger partial charge in [0.15, 0.2) is 0 Å². The van der Waals surface area contributed by atoms with Gasteiger partial charge in [0.1, 0.15) is 5.75 Å². The molecule has 7 rings (SSSR count). The number of halogens is 9. The van der Waals surface area contributed by atoms with Crippen molar-refractivity contribution >= 4 is 11.8 Å². The maximum atomic E-state index is 13.2. The smallest absolute Gasteiger partial charge is 0.435 e. The first-order chi connectivity index (χ1) is 28.2. The SMILES string of the molecule is CN(CCO[C@H]1CCC2C3CCc4cc(OCCC(C)(C)SCC5c6ccccc6-c6ccccc65)ccc4C3CC[C@@]21C)CCOC(C(F)(F)F)(C(F)(F)F)C(F)(F)F. The minimum Gasteiger partial charge on any atom is -0.494 e. The van der Waals surface area contributed by atoms with Crippen LogP contribution in [0.3, 0.4) is 0 Å². The molecule has 0 radical (unpaired) electrons. The van der Waals surface area contributed by atoms with Gasteiger partial charge >= 0.3 is 24.1 Å². The minimum atomic E-state index is -6.74. The molecule has 0 spiro atoms. The lowest BCUT2D eigenvalue weighted by Gasteiger charge is -2.50. The van der Waals surface area contributed by atoms with Gasteiger partial charge in [0.2, 0.25) is 0 Å². The normalized spacial score (nSPS) is 24.5. The summed E-state index contributed by atoms with van der Waals surface area (Å²) in [6.45, 7) is 5.69. The lowest BCUT2D eigenvalue weighted by atomic mass is 9.55. The van der Waals surface area contributed by atoms with Crippen molar-refractivity contribution in [1.29, 1.82) is 0 Å². The van der Waals surface area contributed by atoms with Gasteiger partial charge in [-0.1, -0.05) is 75.4 Å². The topological polar surface area (TPSA) is 30.9 Å². The number of nitrogens with zero attached hydrogens (tertiary/aromatic N) is 1. The third-order valence-electron chi connectivity index (χ3n) is 14.0. The molecule has 2 saturated carbocycles. The summed E-state index contributed by atoms with van der Waals surface area (Å²) in [6.07, 6.45) is -13.6. The van der Waals surface area contributed by atoms with Gasteiger partial charge in [-0.15, -0.1) is 0 Å². The van der Waals surface area contributed by atoms with Crippen LogP contribution in [0.25, 0.3) is 11.1 Å². The van der Waals surface area contributed by atoms with E-state index in [1.54, 1.807) is 0 Å². The van der Waals surface area contributed by atoms with Crippen molar-refractivity contribution in [2.45, 2.75) is 113 Å². The standard InChI is InChI=1S/C46H54F9NO3S/c1-41(2,60-28-38-34-11-7-5-9-32(34)33-10-6-8-12-35(33)38)21-24-57-30-14-16-31-29(27-30)13-15-37-36(31)19-20-42(3)39(37)17-18-40(42)58-25-22-56(4)23-26-59-43(44(47,48)49,45(50,51)52)46(53,54)55/h5-12,14,16,27,36-40H,13,15,17-26,28H2,1-4H3/t36?,37?,39?,40-,42-/m0/s1. The monoisotopic (exact) mass is 871 g/mol. The Morgan fingerprint density at radius 2 is 1.35 bits per heavy atom. The Balaban J connectivity index is 0.873. The number of hydrogen-bond donors (Lipinski definition) is 0. The molecule has 0 amide bonds. The minimum absolute atomic E-state index is 0.0312. The van der Waals surface area contributed by atoms with Gasteiger partial charge in [-0.2, -0.15) is 51.3 Å². The molecule has 4 aliphatic rings. The molecule has 5 atom stereocenters. The second-order valence-corrected chi connectivity index (χ2v) is 19.7. The van der Waals surface area contributed by atoms with Crippen LogP contribution in [0.4, 0.5) is 39.5 Å². The molecule has 3 aromatic carbocycles. The Bertz CT molecular complexity index is 1880. The summed E-state index contributed by atoms with van der Waals surface area (Å²) in [5.74, 6) is 3.64. The van der Waals surface area contributed by atoms with E-state index in [1.165, 1.54) is 45.3 Å². The zero-order valence-electron chi connectivity index (χ0n) is 34.4. The van der Waals surface area contributed by atoms with Crippen molar-refractivity contribution in [2.75, 3.05) is 45.7 Å². The molecule has 0 N–H and O–H groups in total.